The van der Waals surface area contributed by atoms with E-state index in [1.54, 1.807) is 72.8 Å². The molecule has 0 aliphatic heterocycles. The number of rotatable bonds is 15. The maximum absolute atomic E-state index is 10.5. The molecule has 15 aromatic rings. The summed E-state index contributed by atoms with van der Waals surface area (Å²) >= 11 is 0. The van der Waals surface area contributed by atoms with Crippen LogP contribution in [0.4, 0.5) is 0 Å². The Morgan fingerprint density at radius 1 is 0.108 bits per heavy atom. The third-order valence-electron chi connectivity index (χ3n) is 21.2. The van der Waals surface area contributed by atoms with Crippen molar-refractivity contribution in [3.8, 4) is 240 Å². The van der Waals surface area contributed by atoms with Gasteiger partial charge >= 0.3 is 0 Å². The Balaban J connectivity index is 0.000000157. The van der Waals surface area contributed by atoms with Crippen molar-refractivity contribution in [2.75, 3.05) is 0 Å². The van der Waals surface area contributed by atoms with Crippen molar-refractivity contribution in [1.82, 2.24) is 0 Å². The van der Waals surface area contributed by atoms with Crippen LogP contribution in [-0.2, 0) is 0 Å². The molecule has 0 fully saturated rings. The van der Waals surface area contributed by atoms with Gasteiger partial charge in [-0.1, -0.05) is 121 Å². The largest absolute Gasteiger partial charge is 0.504 e. The lowest BCUT2D eigenvalue weighted by Crippen LogP contribution is -2.05. The quantitative estimate of drug-likeness (QED) is 0.0335. The molecular weight excluding hydrogens is 1700 g/mol. The van der Waals surface area contributed by atoms with E-state index >= 15 is 0 Å². The fourth-order valence-electron chi connectivity index (χ4n) is 14.4. The first kappa shape index (κ1) is 90.3. The van der Waals surface area contributed by atoms with Gasteiger partial charge in [0.05, 0.1) is 0 Å². The molecule has 668 valence electrons. The van der Waals surface area contributed by atoms with Gasteiger partial charge in [-0.15, -0.1) is 0 Å². The van der Waals surface area contributed by atoms with Crippen molar-refractivity contribution < 1.29 is 184 Å². The Kier molecular flexibility index (Phi) is 24.9. The van der Waals surface area contributed by atoms with Gasteiger partial charge in [-0.25, -0.2) is 0 Å². The predicted octanol–water partition coefficient (Wildman–Crippen LogP) is 13.9. The minimum atomic E-state index is -1.21. The Morgan fingerprint density at radius 2 is 0.269 bits per heavy atom. The number of hydrogen-bond acceptors (Lipinski definition) is 36. The third-order valence-corrected chi connectivity index (χ3v) is 21.2. The Labute approximate surface area is 729 Å². The second kappa shape index (κ2) is 35.9. The van der Waals surface area contributed by atoms with Crippen LogP contribution in [0.15, 0.2) is 218 Å². The molecule has 0 amide bonds. The molecule has 0 aliphatic carbocycles. The van der Waals surface area contributed by atoms with Crippen molar-refractivity contribution in [1.29, 1.82) is 0 Å². The highest BCUT2D eigenvalue weighted by Gasteiger charge is 2.34. The summed E-state index contributed by atoms with van der Waals surface area (Å²) < 4.78 is 0. The van der Waals surface area contributed by atoms with Crippen LogP contribution in [0, 0.1) is 0 Å². The van der Waals surface area contributed by atoms with E-state index in [1.807, 2.05) is 0 Å². The van der Waals surface area contributed by atoms with Crippen molar-refractivity contribution >= 4 is 0 Å². The Morgan fingerprint density at radius 3 is 0.469 bits per heavy atom. The molecular formula is C94H76O36. The van der Waals surface area contributed by atoms with Crippen molar-refractivity contribution in [2.45, 2.75) is 23.7 Å². The van der Waals surface area contributed by atoms with E-state index in [0.29, 0.717) is 38.9 Å². The molecule has 36 nitrogen and oxygen atoms in total. The van der Waals surface area contributed by atoms with Crippen LogP contribution >= 0.6 is 0 Å². The molecule has 15 aromatic carbocycles. The smallest absolute Gasteiger partial charge is 0.200 e. The SMILES string of the molecule is Oc1cc(-c2ccc(C(c3ccc(O)c(O)c3O)c3ccc(O)c(O)c3O)cc2)cc(O)c1O.Oc1cc(C(c2ccc(O)c(O)c2O)c2ccc(O)c(O)c2O)cc(O)c1O.Oc1ccc(-c2ccc(C(c3ccc(O)c(O)c3O)c3ccc(O)c(O)c3O)cc2)c(O)c1O.Oc1ccc(-c2ccc(C(c3ccc(O)c(O)c3O)c3ccc(O)c(O)c3O)cc2)c(O)c1O. The summed E-state index contributed by atoms with van der Waals surface area (Å²) in [7, 11) is 0. The van der Waals surface area contributed by atoms with E-state index in [2.05, 4.69) is 0 Å². The highest BCUT2D eigenvalue weighted by atomic mass is 16.4. The van der Waals surface area contributed by atoms with Crippen LogP contribution in [0.1, 0.15) is 90.4 Å². The molecule has 0 heterocycles. The zero-order chi connectivity index (χ0) is 94.9. The fourth-order valence-corrected chi connectivity index (χ4v) is 14.4. The topological polar surface area (TPSA) is 728 Å². The summed E-state index contributed by atoms with van der Waals surface area (Å²) in [6, 6.07) is 48.3. The number of benzene rings is 15. The van der Waals surface area contributed by atoms with E-state index in [1.165, 1.54) is 84.9 Å². The molecule has 0 saturated carbocycles. The van der Waals surface area contributed by atoms with Gasteiger partial charge in [0.1, 0.15) is 0 Å². The molecule has 0 unspecified atom stereocenters. The zero-order valence-electron chi connectivity index (χ0n) is 66.2. The van der Waals surface area contributed by atoms with Crippen LogP contribution in [0.3, 0.4) is 0 Å². The van der Waals surface area contributed by atoms with Crippen molar-refractivity contribution in [3.63, 3.8) is 0 Å². The molecule has 130 heavy (non-hydrogen) atoms. The lowest BCUT2D eigenvalue weighted by atomic mass is 9.83. The monoisotopic (exact) mass is 1780 g/mol. The second-order valence-corrected chi connectivity index (χ2v) is 29.0. The van der Waals surface area contributed by atoms with Gasteiger partial charge in [0, 0.05) is 79.3 Å². The van der Waals surface area contributed by atoms with E-state index in [-0.39, 0.29) is 61.2 Å². The van der Waals surface area contributed by atoms with Crippen LogP contribution in [-0.4, -0.2) is 184 Å². The molecule has 0 aliphatic rings. The molecule has 0 aromatic heterocycles. The molecule has 15 rings (SSSR count). The van der Waals surface area contributed by atoms with Crippen LogP contribution in [0.2, 0.25) is 0 Å². The molecule has 0 spiro atoms. The van der Waals surface area contributed by atoms with Gasteiger partial charge < -0.3 is 184 Å². The first-order valence-electron chi connectivity index (χ1n) is 37.6. The van der Waals surface area contributed by atoms with Crippen molar-refractivity contribution in [3.05, 3.63) is 285 Å². The number of aromatic hydroxyl groups is 36. The third kappa shape index (κ3) is 17.1. The standard InChI is InChI=1S/3C25H20O9.C19H16O9/c2*26-16-8-5-13(20(29)23(16)32)11-1-3-12(4-2-11)19(14-6-9-17(27)24(33)21(14)30)15-7-10-18(28)25(34)22(15)31;26-16-7-5-14(21(30)24(16)33)20(15-6-8-17(27)25(34)22(15)31)12-3-1-11(2-4-12)13-9-18(28)23(32)19(29)10-13;20-10-3-1-8(15(24)18(10)27)14(7-5-12(22)17(26)13(23)6-7)9-2-4-11(21)19(28)16(9)25/h2*1-10,19,26-34H;1-10,20,26-34H;1-6,14,20-28H. The van der Waals surface area contributed by atoms with Crippen LogP contribution < -0.4 is 0 Å². The highest BCUT2D eigenvalue weighted by Crippen LogP contribution is 2.57. The van der Waals surface area contributed by atoms with E-state index in [9.17, 15) is 184 Å². The Hall–Kier alpha value is -18.9. The van der Waals surface area contributed by atoms with Gasteiger partial charge in [0.15, 0.2) is 149 Å². The van der Waals surface area contributed by atoms with Crippen LogP contribution in [0.5, 0.6) is 207 Å². The summed E-state index contributed by atoms with van der Waals surface area (Å²) in [5, 5.41) is 359. The normalized spacial score (nSPS) is 11.1. The fraction of sp³-hybridized carbons (Fsp3) is 0.0426. The summed E-state index contributed by atoms with van der Waals surface area (Å²) in [5.74, 6) is -27.7. The summed E-state index contributed by atoms with van der Waals surface area (Å²) in [6.07, 6.45) is 0. The Bertz CT molecular complexity index is 6400. The number of phenolic OH excluding ortho intramolecular Hbond substituents is 36. The maximum atomic E-state index is 10.5. The number of hydrogen-bond donors (Lipinski definition) is 36. The molecule has 0 bridgehead atoms. The summed E-state index contributed by atoms with van der Waals surface area (Å²) in [6.45, 7) is 0. The first-order chi connectivity index (χ1) is 61.4. The zero-order valence-corrected chi connectivity index (χ0v) is 66.2. The maximum Gasteiger partial charge on any atom is 0.200 e. The minimum Gasteiger partial charge on any atom is -0.504 e. The highest BCUT2D eigenvalue weighted by molar-refractivity contribution is 5.79. The lowest BCUT2D eigenvalue weighted by molar-refractivity contribution is 0.359. The predicted molar refractivity (Wildman–Crippen MR) is 457 cm³/mol. The molecule has 0 atom stereocenters. The average Bonchev–Trinajstić information content (AvgIpc) is 0.766. The molecule has 36 heteroatoms. The minimum absolute atomic E-state index is 0.0357. The van der Waals surface area contributed by atoms with E-state index < -0.39 is 231 Å². The van der Waals surface area contributed by atoms with Gasteiger partial charge in [-0.3, -0.25) is 0 Å². The van der Waals surface area contributed by atoms with Gasteiger partial charge in [-0.05, 0) is 142 Å². The molecule has 0 radical (unpaired) electrons. The van der Waals surface area contributed by atoms with Gasteiger partial charge in [0.25, 0.3) is 0 Å². The van der Waals surface area contributed by atoms with Gasteiger partial charge in [-0.2, -0.15) is 0 Å². The van der Waals surface area contributed by atoms with Crippen molar-refractivity contribution in [2.24, 2.45) is 0 Å². The summed E-state index contributed by atoms with van der Waals surface area (Å²) in [4.78, 5) is 0. The summed E-state index contributed by atoms with van der Waals surface area (Å²) in [5.41, 5.74) is 4.05. The average molecular weight is 1780 g/mol. The van der Waals surface area contributed by atoms with E-state index in [4.69, 9.17) is 0 Å². The molecule has 0 saturated heterocycles. The molecule has 36 N–H and O–H groups in total. The second-order valence-electron chi connectivity index (χ2n) is 29.0. The van der Waals surface area contributed by atoms with Crippen LogP contribution in [0.25, 0.3) is 33.4 Å². The first-order valence-corrected chi connectivity index (χ1v) is 37.6. The van der Waals surface area contributed by atoms with E-state index in [0.717, 1.165) is 60.7 Å². The van der Waals surface area contributed by atoms with Gasteiger partial charge in [0.2, 0.25) is 57.5 Å². The lowest BCUT2D eigenvalue weighted by Gasteiger charge is -2.22. The number of phenols is 36.